The minimum atomic E-state index is -0.425. The van der Waals surface area contributed by atoms with E-state index in [0.717, 1.165) is 38.8 Å². The summed E-state index contributed by atoms with van der Waals surface area (Å²) < 4.78 is 5.45. The molecule has 3 rings (SSSR count). The van der Waals surface area contributed by atoms with E-state index in [1.54, 1.807) is 0 Å². The van der Waals surface area contributed by atoms with Crippen LogP contribution in [0.2, 0.25) is 0 Å². The summed E-state index contributed by atoms with van der Waals surface area (Å²) >= 11 is 0. The molecule has 1 amide bonds. The fraction of sp³-hybridized carbons (Fsp3) is 0.667. The van der Waals surface area contributed by atoms with Gasteiger partial charge in [-0.15, -0.1) is 0 Å². The van der Waals surface area contributed by atoms with E-state index < -0.39 is 5.60 Å². The zero-order chi connectivity index (χ0) is 16.4. The number of nitrogens with one attached hydrogen (secondary N) is 1. The molecule has 126 valence electrons. The van der Waals surface area contributed by atoms with Crippen molar-refractivity contribution in [2.75, 3.05) is 13.1 Å². The predicted molar refractivity (Wildman–Crippen MR) is 89.3 cm³/mol. The third-order valence-corrected chi connectivity index (χ3v) is 4.54. The van der Waals surface area contributed by atoms with Gasteiger partial charge < -0.3 is 15.0 Å². The molecule has 0 bridgehead atoms. The molecule has 2 heterocycles. The standard InChI is InChI=1S/C18H27N3O2/c1-18(2,3)23-17(22)21-11-8-14(9-12-21)20-15-7-6-13-5-4-10-19-16(13)15/h4-5,10,14-15,20H,6-9,11-12H2,1-3H3. The molecule has 1 aliphatic carbocycles. The van der Waals surface area contributed by atoms with Gasteiger partial charge in [-0.05, 0) is 58.1 Å². The predicted octanol–water partition coefficient (Wildman–Crippen LogP) is 3.06. The minimum absolute atomic E-state index is 0.191. The zero-order valence-corrected chi connectivity index (χ0v) is 14.3. The third-order valence-electron chi connectivity index (χ3n) is 4.54. The number of hydrogen-bond acceptors (Lipinski definition) is 4. The van der Waals surface area contributed by atoms with E-state index >= 15 is 0 Å². The van der Waals surface area contributed by atoms with Gasteiger partial charge in [0.1, 0.15) is 5.60 Å². The van der Waals surface area contributed by atoms with Crippen LogP contribution in [0.4, 0.5) is 4.79 Å². The van der Waals surface area contributed by atoms with Gasteiger partial charge in [0.25, 0.3) is 0 Å². The van der Waals surface area contributed by atoms with Crippen LogP contribution in [-0.2, 0) is 11.2 Å². The number of hydrogen-bond donors (Lipinski definition) is 1. The van der Waals surface area contributed by atoms with E-state index in [9.17, 15) is 4.79 Å². The number of nitrogens with zero attached hydrogens (tertiary/aromatic N) is 2. The van der Waals surface area contributed by atoms with Gasteiger partial charge in [0.2, 0.25) is 0 Å². The highest BCUT2D eigenvalue weighted by atomic mass is 16.6. The van der Waals surface area contributed by atoms with E-state index in [1.165, 1.54) is 11.3 Å². The average molecular weight is 317 g/mol. The normalized spacial score (nSPS) is 22.0. The van der Waals surface area contributed by atoms with Crippen LogP contribution in [0.3, 0.4) is 0 Å². The second kappa shape index (κ2) is 6.48. The van der Waals surface area contributed by atoms with Gasteiger partial charge in [-0.1, -0.05) is 6.07 Å². The van der Waals surface area contributed by atoms with E-state index in [4.69, 9.17) is 4.74 Å². The lowest BCUT2D eigenvalue weighted by Crippen LogP contribution is -2.47. The lowest BCUT2D eigenvalue weighted by atomic mass is 10.0. The summed E-state index contributed by atoms with van der Waals surface area (Å²) in [7, 11) is 0. The van der Waals surface area contributed by atoms with Crippen LogP contribution in [0.5, 0.6) is 0 Å². The number of pyridine rings is 1. The van der Waals surface area contributed by atoms with Crippen LogP contribution in [0, 0.1) is 0 Å². The van der Waals surface area contributed by atoms with Crippen molar-refractivity contribution in [2.24, 2.45) is 0 Å². The monoisotopic (exact) mass is 317 g/mol. The molecule has 0 saturated carbocycles. The Labute approximate surface area is 138 Å². The Balaban J connectivity index is 1.50. The third kappa shape index (κ3) is 4.02. The summed E-state index contributed by atoms with van der Waals surface area (Å²) in [6.07, 6.45) is 5.86. The van der Waals surface area contributed by atoms with Crippen LogP contribution in [-0.4, -0.2) is 40.7 Å². The topological polar surface area (TPSA) is 54.5 Å². The molecule has 0 spiro atoms. The number of likely N-dealkylation sites (tertiary alicyclic amines) is 1. The van der Waals surface area contributed by atoms with Crippen LogP contribution >= 0.6 is 0 Å². The summed E-state index contributed by atoms with van der Waals surface area (Å²) in [5.41, 5.74) is 2.16. The molecule has 5 nitrogen and oxygen atoms in total. The molecule has 5 heteroatoms. The lowest BCUT2D eigenvalue weighted by molar-refractivity contribution is 0.0195. The number of amides is 1. The molecular weight excluding hydrogens is 290 g/mol. The van der Waals surface area contributed by atoms with Crippen LogP contribution in [0.25, 0.3) is 0 Å². The quantitative estimate of drug-likeness (QED) is 0.911. The molecule has 1 atom stereocenters. The summed E-state index contributed by atoms with van der Waals surface area (Å²) in [5.74, 6) is 0. The van der Waals surface area contributed by atoms with E-state index in [-0.39, 0.29) is 6.09 Å². The molecule has 1 aliphatic heterocycles. The molecule has 1 N–H and O–H groups in total. The highest BCUT2D eigenvalue weighted by molar-refractivity contribution is 5.68. The molecule has 2 aliphatic rings. The molecule has 1 unspecified atom stereocenters. The van der Waals surface area contributed by atoms with Crippen LogP contribution in [0.1, 0.15) is 57.3 Å². The summed E-state index contributed by atoms with van der Waals surface area (Å²) in [4.78, 5) is 18.5. The first-order valence-electron chi connectivity index (χ1n) is 8.60. The summed E-state index contributed by atoms with van der Waals surface area (Å²) in [6.45, 7) is 7.24. The molecule has 23 heavy (non-hydrogen) atoms. The van der Waals surface area contributed by atoms with Gasteiger partial charge in [0, 0.05) is 25.3 Å². The first-order valence-corrected chi connectivity index (χ1v) is 8.60. The van der Waals surface area contributed by atoms with Crippen molar-refractivity contribution in [1.82, 2.24) is 15.2 Å². The van der Waals surface area contributed by atoms with E-state index in [1.807, 2.05) is 37.9 Å². The Morgan fingerprint density at radius 3 is 2.74 bits per heavy atom. The van der Waals surface area contributed by atoms with Crippen molar-refractivity contribution < 1.29 is 9.53 Å². The van der Waals surface area contributed by atoms with Gasteiger partial charge in [-0.25, -0.2) is 4.79 Å². The first-order chi connectivity index (χ1) is 10.9. The number of ether oxygens (including phenoxy) is 1. The Hall–Kier alpha value is -1.62. The first kappa shape index (κ1) is 16.2. The minimum Gasteiger partial charge on any atom is -0.444 e. The number of aromatic nitrogens is 1. The largest absolute Gasteiger partial charge is 0.444 e. The smallest absolute Gasteiger partial charge is 0.410 e. The van der Waals surface area contributed by atoms with Gasteiger partial charge in [0.05, 0.1) is 11.7 Å². The fourth-order valence-corrected chi connectivity index (χ4v) is 3.41. The number of carbonyl (C=O) groups excluding carboxylic acids is 1. The molecule has 1 saturated heterocycles. The Morgan fingerprint density at radius 2 is 2.04 bits per heavy atom. The van der Waals surface area contributed by atoms with Crippen LogP contribution in [0.15, 0.2) is 18.3 Å². The van der Waals surface area contributed by atoms with Gasteiger partial charge in [-0.2, -0.15) is 0 Å². The van der Waals surface area contributed by atoms with Crippen LogP contribution < -0.4 is 5.32 Å². The van der Waals surface area contributed by atoms with Crippen molar-refractivity contribution in [3.05, 3.63) is 29.6 Å². The second-order valence-corrected chi connectivity index (χ2v) is 7.55. The second-order valence-electron chi connectivity index (χ2n) is 7.55. The molecule has 0 aromatic carbocycles. The van der Waals surface area contributed by atoms with Gasteiger partial charge in [0.15, 0.2) is 0 Å². The van der Waals surface area contributed by atoms with Crippen molar-refractivity contribution >= 4 is 6.09 Å². The number of piperidine rings is 1. The molecule has 0 radical (unpaired) electrons. The van der Waals surface area contributed by atoms with Gasteiger partial charge >= 0.3 is 6.09 Å². The van der Waals surface area contributed by atoms with Gasteiger partial charge in [-0.3, -0.25) is 4.98 Å². The highest BCUT2D eigenvalue weighted by Gasteiger charge is 2.30. The number of rotatable bonds is 2. The maximum absolute atomic E-state index is 12.1. The molecule has 1 fully saturated rings. The average Bonchev–Trinajstić information content (AvgIpc) is 2.90. The highest BCUT2D eigenvalue weighted by Crippen LogP contribution is 2.30. The van der Waals surface area contributed by atoms with E-state index in [0.29, 0.717) is 12.1 Å². The van der Waals surface area contributed by atoms with Crippen molar-refractivity contribution in [3.8, 4) is 0 Å². The van der Waals surface area contributed by atoms with Crippen molar-refractivity contribution in [3.63, 3.8) is 0 Å². The van der Waals surface area contributed by atoms with E-state index in [2.05, 4.69) is 16.4 Å². The maximum Gasteiger partial charge on any atom is 0.410 e. The molecular formula is C18H27N3O2. The number of carbonyl (C=O) groups is 1. The maximum atomic E-state index is 12.1. The Bertz CT molecular complexity index is 560. The van der Waals surface area contributed by atoms with Crippen molar-refractivity contribution in [2.45, 2.75) is 64.1 Å². The molecule has 1 aromatic rings. The number of fused-ring (bicyclic) bond motifs is 1. The number of aryl methyl sites for hydroxylation is 1. The summed E-state index contributed by atoms with van der Waals surface area (Å²) in [6, 6.07) is 5.01. The Kier molecular flexibility index (Phi) is 4.57. The van der Waals surface area contributed by atoms with Crippen molar-refractivity contribution in [1.29, 1.82) is 0 Å². The fourth-order valence-electron chi connectivity index (χ4n) is 3.41. The summed E-state index contributed by atoms with van der Waals surface area (Å²) in [5, 5.41) is 3.74. The zero-order valence-electron chi connectivity index (χ0n) is 14.3. The lowest BCUT2D eigenvalue weighted by Gasteiger charge is -2.34. The SMILES string of the molecule is CC(C)(C)OC(=O)N1CCC(NC2CCc3cccnc32)CC1. The molecule has 1 aromatic heterocycles. The Morgan fingerprint density at radius 1 is 1.30 bits per heavy atom.